The van der Waals surface area contributed by atoms with Crippen molar-refractivity contribution in [3.63, 3.8) is 0 Å². The summed E-state index contributed by atoms with van der Waals surface area (Å²) in [5.41, 5.74) is 0.990. The largest absolute Gasteiger partial charge is 0.472 e. The molecule has 0 saturated heterocycles. The molecule has 0 saturated carbocycles. The van der Waals surface area contributed by atoms with E-state index in [1.807, 2.05) is 25.1 Å². The van der Waals surface area contributed by atoms with E-state index in [2.05, 4.69) is 17.2 Å². The minimum Gasteiger partial charge on any atom is -0.472 e. The molecule has 0 aliphatic rings. The van der Waals surface area contributed by atoms with Gasteiger partial charge in [0.1, 0.15) is 6.10 Å². The van der Waals surface area contributed by atoms with Gasteiger partial charge < -0.3 is 14.8 Å². The van der Waals surface area contributed by atoms with Crippen LogP contribution in [0.15, 0.2) is 18.2 Å². The standard InChI is InChI=1S/C12H20N2O2/c1-4-13-8-11-6-5-7-12(14-11)16-10(2)9-15-3/h5-7,10,13H,4,8-9H2,1-3H3. The number of ether oxygens (including phenoxy) is 2. The second-order valence-electron chi connectivity index (χ2n) is 3.63. The minimum absolute atomic E-state index is 0.0203. The maximum absolute atomic E-state index is 5.61. The summed E-state index contributed by atoms with van der Waals surface area (Å²) in [7, 11) is 1.66. The summed E-state index contributed by atoms with van der Waals surface area (Å²) in [6.45, 7) is 6.31. The maximum Gasteiger partial charge on any atom is 0.213 e. The molecule has 0 aliphatic heterocycles. The zero-order chi connectivity index (χ0) is 11.8. The third kappa shape index (κ3) is 4.59. The second-order valence-corrected chi connectivity index (χ2v) is 3.63. The van der Waals surface area contributed by atoms with Gasteiger partial charge in [0.2, 0.25) is 5.88 Å². The van der Waals surface area contributed by atoms with Gasteiger partial charge in [-0.05, 0) is 19.5 Å². The summed E-state index contributed by atoms with van der Waals surface area (Å²) >= 11 is 0. The summed E-state index contributed by atoms with van der Waals surface area (Å²) in [4.78, 5) is 4.39. The molecule has 1 atom stereocenters. The van der Waals surface area contributed by atoms with Crippen LogP contribution in [-0.4, -0.2) is 31.3 Å². The lowest BCUT2D eigenvalue weighted by atomic mass is 10.3. The Kier molecular flexibility index (Phi) is 5.82. The fourth-order valence-electron chi connectivity index (χ4n) is 1.35. The molecule has 0 spiro atoms. The SMILES string of the molecule is CCNCc1cccc(OC(C)COC)n1. The van der Waals surface area contributed by atoms with Gasteiger partial charge >= 0.3 is 0 Å². The van der Waals surface area contributed by atoms with E-state index in [0.29, 0.717) is 12.5 Å². The molecule has 1 N–H and O–H groups in total. The first kappa shape index (κ1) is 12.9. The van der Waals surface area contributed by atoms with Crippen LogP contribution >= 0.6 is 0 Å². The van der Waals surface area contributed by atoms with E-state index < -0.39 is 0 Å². The van der Waals surface area contributed by atoms with Crippen LogP contribution in [0.1, 0.15) is 19.5 Å². The van der Waals surface area contributed by atoms with Gasteiger partial charge in [-0.25, -0.2) is 4.98 Å². The molecule has 1 rings (SSSR count). The van der Waals surface area contributed by atoms with Crippen molar-refractivity contribution in [1.82, 2.24) is 10.3 Å². The minimum atomic E-state index is 0.0203. The fraction of sp³-hybridized carbons (Fsp3) is 0.583. The average Bonchev–Trinajstić information content (AvgIpc) is 2.27. The first-order chi connectivity index (χ1) is 7.76. The lowest BCUT2D eigenvalue weighted by molar-refractivity contribution is 0.0888. The highest BCUT2D eigenvalue weighted by Crippen LogP contribution is 2.09. The van der Waals surface area contributed by atoms with Crippen LogP contribution in [0.4, 0.5) is 0 Å². The Labute approximate surface area is 97.0 Å². The van der Waals surface area contributed by atoms with Crippen LogP contribution in [0.5, 0.6) is 5.88 Å². The van der Waals surface area contributed by atoms with Crippen molar-refractivity contribution in [2.75, 3.05) is 20.3 Å². The summed E-state index contributed by atoms with van der Waals surface area (Å²) in [6, 6.07) is 5.80. The lowest BCUT2D eigenvalue weighted by Gasteiger charge is -2.13. The molecule has 16 heavy (non-hydrogen) atoms. The van der Waals surface area contributed by atoms with Crippen molar-refractivity contribution in [3.8, 4) is 5.88 Å². The zero-order valence-electron chi connectivity index (χ0n) is 10.2. The Bertz CT molecular complexity index is 305. The predicted octanol–water partition coefficient (Wildman–Crippen LogP) is 1.60. The molecule has 1 unspecified atom stereocenters. The van der Waals surface area contributed by atoms with E-state index >= 15 is 0 Å². The first-order valence-corrected chi connectivity index (χ1v) is 5.58. The van der Waals surface area contributed by atoms with E-state index in [0.717, 1.165) is 18.8 Å². The number of aromatic nitrogens is 1. The number of rotatable bonds is 7. The van der Waals surface area contributed by atoms with Crippen LogP contribution in [0.2, 0.25) is 0 Å². The Morgan fingerprint density at radius 3 is 2.94 bits per heavy atom. The first-order valence-electron chi connectivity index (χ1n) is 5.58. The molecule has 0 aromatic carbocycles. The zero-order valence-corrected chi connectivity index (χ0v) is 10.2. The van der Waals surface area contributed by atoms with Crippen molar-refractivity contribution in [2.24, 2.45) is 0 Å². The Hall–Kier alpha value is -1.13. The smallest absolute Gasteiger partial charge is 0.213 e. The third-order valence-corrected chi connectivity index (χ3v) is 2.06. The lowest BCUT2D eigenvalue weighted by Crippen LogP contribution is -2.19. The van der Waals surface area contributed by atoms with Crippen molar-refractivity contribution in [1.29, 1.82) is 0 Å². The molecule has 0 fully saturated rings. The summed E-state index contributed by atoms with van der Waals surface area (Å²) < 4.78 is 10.6. The maximum atomic E-state index is 5.61. The molecule has 1 aromatic heterocycles. The average molecular weight is 224 g/mol. The molecule has 0 aliphatic carbocycles. The summed E-state index contributed by atoms with van der Waals surface area (Å²) in [5.74, 6) is 0.653. The van der Waals surface area contributed by atoms with Crippen LogP contribution in [0, 0.1) is 0 Å². The van der Waals surface area contributed by atoms with E-state index in [-0.39, 0.29) is 6.10 Å². The van der Waals surface area contributed by atoms with Gasteiger partial charge in [0.05, 0.1) is 12.3 Å². The number of pyridine rings is 1. The molecule has 4 nitrogen and oxygen atoms in total. The Morgan fingerprint density at radius 1 is 1.44 bits per heavy atom. The molecular weight excluding hydrogens is 204 g/mol. The fourth-order valence-corrected chi connectivity index (χ4v) is 1.35. The Morgan fingerprint density at radius 2 is 2.25 bits per heavy atom. The highest BCUT2D eigenvalue weighted by Gasteiger charge is 2.04. The molecule has 4 heteroatoms. The molecule has 1 heterocycles. The monoisotopic (exact) mass is 224 g/mol. The molecule has 0 amide bonds. The van der Waals surface area contributed by atoms with E-state index in [9.17, 15) is 0 Å². The molecular formula is C12H20N2O2. The summed E-state index contributed by atoms with van der Waals surface area (Å²) in [6.07, 6.45) is 0.0203. The predicted molar refractivity (Wildman–Crippen MR) is 63.6 cm³/mol. The molecule has 90 valence electrons. The highest BCUT2D eigenvalue weighted by atomic mass is 16.5. The van der Waals surface area contributed by atoms with Gasteiger partial charge in [0.15, 0.2) is 0 Å². The van der Waals surface area contributed by atoms with E-state index in [1.54, 1.807) is 7.11 Å². The highest BCUT2D eigenvalue weighted by molar-refractivity contribution is 5.15. The van der Waals surface area contributed by atoms with Gasteiger partial charge in [-0.3, -0.25) is 0 Å². The third-order valence-electron chi connectivity index (χ3n) is 2.06. The van der Waals surface area contributed by atoms with Crippen LogP contribution < -0.4 is 10.1 Å². The van der Waals surface area contributed by atoms with Crippen molar-refractivity contribution < 1.29 is 9.47 Å². The second kappa shape index (κ2) is 7.19. The normalized spacial score (nSPS) is 12.4. The Balaban J connectivity index is 2.52. The number of hydrogen-bond acceptors (Lipinski definition) is 4. The number of hydrogen-bond donors (Lipinski definition) is 1. The van der Waals surface area contributed by atoms with Crippen molar-refractivity contribution >= 4 is 0 Å². The quantitative estimate of drug-likeness (QED) is 0.764. The van der Waals surface area contributed by atoms with Crippen molar-refractivity contribution in [2.45, 2.75) is 26.5 Å². The van der Waals surface area contributed by atoms with E-state index in [1.165, 1.54) is 0 Å². The van der Waals surface area contributed by atoms with Gasteiger partial charge in [-0.1, -0.05) is 13.0 Å². The number of nitrogens with zero attached hydrogens (tertiary/aromatic N) is 1. The summed E-state index contributed by atoms with van der Waals surface area (Å²) in [5, 5.41) is 3.23. The van der Waals surface area contributed by atoms with Crippen LogP contribution in [-0.2, 0) is 11.3 Å². The van der Waals surface area contributed by atoms with Gasteiger partial charge in [-0.2, -0.15) is 0 Å². The number of methoxy groups -OCH3 is 1. The van der Waals surface area contributed by atoms with Crippen LogP contribution in [0.3, 0.4) is 0 Å². The number of nitrogens with one attached hydrogen (secondary N) is 1. The van der Waals surface area contributed by atoms with Gasteiger partial charge in [0.25, 0.3) is 0 Å². The van der Waals surface area contributed by atoms with E-state index in [4.69, 9.17) is 9.47 Å². The molecule has 0 radical (unpaired) electrons. The molecule has 1 aromatic rings. The topological polar surface area (TPSA) is 43.4 Å². The van der Waals surface area contributed by atoms with Crippen LogP contribution in [0.25, 0.3) is 0 Å². The van der Waals surface area contributed by atoms with Gasteiger partial charge in [0, 0.05) is 19.7 Å². The van der Waals surface area contributed by atoms with Gasteiger partial charge in [-0.15, -0.1) is 0 Å². The molecule has 0 bridgehead atoms. The van der Waals surface area contributed by atoms with Crippen molar-refractivity contribution in [3.05, 3.63) is 23.9 Å².